The summed E-state index contributed by atoms with van der Waals surface area (Å²) in [6.45, 7) is 4.23. The van der Waals surface area contributed by atoms with Crippen LogP contribution in [-0.4, -0.2) is 12.1 Å². The normalized spacial score (nSPS) is 11.5. The van der Waals surface area contributed by atoms with E-state index in [0.717, 1.165) is 15.6 Å². The van der Waals surface area contributed by atoms with Crippen molar-refractivity contribution in [3.05, 3.63) is 49.5 Å². The largest absolute Gasteiger partial charge is 0.493 e. The molecule has 0 atom stereocenters. The van der Waals surface area contributed by atoms with Gasteiger partial charge in [-0.05, 0) is 35.7 Å². The first kappa shape index (κ1) is 15.4. The molecule has 0 amide bonds. The standard InChI is InChI=1S/C17H15BrClNO2/c1-8(2)10-7-14-11(6-12(10)18)16(21)9-4-5-13(19)17(22-3)15(9)20-14/h4-8H,1-3H3,(H,20,21). The lowest BCUT2D eigenvalue weighted by Crippen LogP contribution is -2.06. The van der Waals surface area contributed by atoms with E-state index < -0.39 is 0 Å². The Labute approximate surface area is 141 Å². The smallest absolute Gasteiger partial charge is 0.197 e. The van der Waals surface area contributed by atoms with Crippen molar-refractivity contribution in [1.29, 1.82) is 0 Å². The number of hydrogen-bond acceptors (Lipinski definition) is 2. The molecule has 22 heavy (non-hydrogen) atoms. The van der Waals surface area contributed by atoms with Crippen LogP contribution < -0.4 is 10.2 Å². The maximum atomic E-state index is 12.8. The molecule has 0 aliphatic heterocycles. The molecule has 0 saturated carbocycles. The van der Waals surface area contributed by atoms with Gasteiger partial charge in [0.25, 0.3) is 0 Å². The van der Waals surface area contributed by atoms with Crippen molar-refractivity contribution in [2.24, 2.45) is 0 Å². The molecule has 0 aliphatic carbocycles. The van der Waals surface area contributed by atoms with E-state index in [4.69, 9.17) is 16.3 Å². The maximum Gasteiger partial charge on any atom is 0.197 e. The third-order valence-electron chi connectivity index (χ3n) is 3.82. The van der Waals surface area contributed by atoms with Gasteiger partial charge in [0.15, 0.2) is 11.2 Å². The van der Waals surface area contributed by atoms with Crippen LogP contribution in [0.25, 0.3) is 21.8 Å². The summed E-state index contributed by atoms with van der Waals surface area (Å²) in [6, 6.07) is 7.29. The Kier molecular flexibility index (Phi) is 3.91. The summed E-state index contributed by atoms with van der Waals surface area (Å²) in [7, 11) is 1.55. The van der Waals surface area contributed by atoms with Crippen molar-refractivity contribution >= 4 is 49.3 Å². The second-order valence-electron chi connectivity index (χ2n) is 5.53. The molecule has 2 aromatic carbocycles. The van der Waals surface area contributed by atoms with Gasteiger partial charge < -0.3 is 9.72 Å². The number of hydrogen-bond donors (Lipinski definition) is 1. The molecule has 0 unspecified atom stereocenters. The minimum Gasteiger partial charge on any atom is -0.493 e. The number of halogens is 2. The van der Waals surface area contributed by atoms with E-state index in [2.05, 4.69) is 34.8 Å². The van der Waals surface area contributed by atoms with Crippen molar-refractivity contribution in [3.63, 3.8) is 0 Å². The quantitative estimate of drug-likeness (QED) is 0.619. The molecular formula is C17H15BrClNO2. The molecule has 114 valence electrons. The highest BCUT2D eigenvalue weighted by molar-refractivity contribution is 9.10. The molecule has 5 heteroatoms. The second-order valence-corrected chi connectivity index (χ2v) is 6.79. The fourth-order valence-corrected chi connectivity index (χ4v) is 3.71. The van der Waals surface area contributed by atoms with Gasteiger partial charge in [0.1, 0.15) is 0 Å². The molecule has 0 aliphatic rings. The van der Waals surface area contributed by atoms with Gasteiger partial charge in [0.05, 0.1) is 28.6 Å². The number of H-pyrrole nitrogens is 1. The lowest BCUT2D eigenvalue weighted by molar-refractivity contribution is 0.419. The fraction of sp³-hybridized carbons (Fsp3) is 0.235. The first-order valence-electron chi connectivity index (χ1n) is 6.95. The Bertz CT molecular complexity index is 947. The molecule has 0 fully saturated rings. The Morgan fingerprint density at radius 2 is 1.95 bits per heavy atom. The zero-order chi connectivity index (χ0) is 16.0. The number of benzene rings is 2. The third-order valence-corrected chi connectivity index (χ3v) is 4.81. The highest BCUT2D eigenvalue weighted by Gasteiger charge is 2.14. The first-order chi connectivity index (χ1) is 10.4. The number of aromatic nitrogens is 1. The molecule has 3 nitrogen and oxygen atoms in total. The van der Waals surface area contributed by atoms with Gasteiger partial charge >= 0.3 is 0 Å². The van der Waals surface area contributed by atoms with E-state index in [-0.39, 0.29) is 5.43 Å². The molecule has 3 aromatic rings. The van der Waals surface area contributed by atoms with Crippen LogP contribution >= 0.6 is 27.5 Å². The number of aromatic amines is 1. The van der Waals surface area contributed by atoms with Gasteiger partial charge in [-0.2, -0.15) is 0 Å². The van der Waals surface area contributed by atoms with Crippen molar-refractivity contribution < 1.29 is 4.74 Å². The van der Waals surface area contributed by atoms with E-state index in [1.165, 1.54) is 0 Å². The van der Waals surface area contributed by atoms with Crippen LogP contribution in [0, 0.1) is 0 Å². The van der Waals surface area contributed by atoms with Crippen LogP contribution in [0.5, 0.6) is 5.75 Å². The third kappa shape index (κ3) is 2.31. The summed E-state index contributed by atoms with van der Waals surface area (Å²) >= 11 is 9.72. The highest BCUT2D eigenvalue weighted by Crippen LogP contribution is 2.33. The van der Waals surface area contributed by atoms with E-state index >= 15 is 0 Å². The average molecular weight is 381 g/mol. The lowest BCUT2D eigenvalue weighted by Gasteiger charge is -2.12. The number of pyridine rings is 1. The van der Waals surface area contributed by atoms with Gasteiger partial charge in [-0.15, -0.1) is 0 Å². The summed E-state index contributed by atoms with van der Waals surface area (Å²) in [5.41, 5.74) is 2.52. The molecule has 0 bridgehead atoms. The first-order valence-corrected chi connectivity index (χ1v) is 8.12. The predicted molar refractivity (Wildman–Crippen MR) is 95.4 cm³/mol. The number of ether oxygens (including phenoxy) is 1. The zero-order valence-electron chi connectivity index (χ0n) is 12.5. The van der Waals surface area contributed by atoms with Gasteiger partial charge in [0, 0.05) is 9.86 Å². The van der Waals surface area contributed by atoms with Crippen molar-refractivity contribution in [2.75, 3.05) is 7.11 Å². The van der Waals surface area contributed by atoms with Crippen LogP contribution in [0.2, 0.25) is 5.02 Å². The molecule has 1 aromatic heterocycles. The fourth-order valence-electron chi connectivity index (χ4n) is 2.67. The summed E-state index contributed by atoms with van der Waals surface area (Å²) in [6.07, 6.45) is 0. The van der Waals surface area contributed by atoms with Crippen LogP contribution in [0.3, 0.4) is 0 Å². The summed E-state index contributed by atoms with van der Waals surface area (Å²) in [5.74, 6) is 0.839. The molecule has 0 radical (unpaired) electrons. The molecule has 1 heterocycles. The van der Waals surface area contributed by atoms with Gasteiger partial charge in [-0.3, -0.25) is 4.79 Å². The monoisotopic (exact) mass is 379 g/mol. The molecule has 3 rings (SSSR count). The Morgan fingerprint density at radius 3 is 2.59 bits per heavy atom. The Morgan fingerprint density at radius 1 is 1.23 bits per heavy atom. The van der Waals surface area contributed by atoms with Gasteiger partial charge in [-0.1, -0.05) is 41.4 Å². The number of methoxy groups -OCH3 is 1. The lowest BCUT2D eigenvalue weighted by atomic mass is 10.0. The Balaban J connectivity index is 2.50. The van der Waals surface area contributed by atoms with Gasteiger partial charge in [-0.25, -0.2) is 0 Å². The number of fused-ring (bicyclic) bond motifs is 2. The van der Waals surface area contributed by atoms with Crippen molar-refractivity contribution in [3.8, 4) is 5.75 Å². The predicted octanol–water partition coefficient (Wildman–Crippen LogP) is 5.23. The van der Waals surface area contributed by atoms with Crippen LogP contribution in [-0.2, 0) is 0 Å². The van der Waals surface area contributed by atoms with E-state index in [9.17, 15) is 4.79 Å². The molecule has 0 spiro atoms. The second kappa shape index (κ2) is 5.60. The van der Waals surface area contributed by atoms with Crippen molar-refractivity contribution in [1.82, 2.24) is 4.98 Å². The zero-order valence-corrected chi connectivity index (χ0v) is 14.8. The number of nitrogens with one attached hydrogen (secondary N) is 1. The average Bonchev–Trinajstić information content (AvgIpc) is 2.47. The van der Waals surface area contributed by atoms with Crippen molar-refractivity contribution in [2.45, 2.75) is 19.8 Å². The molecule has 1 N–H and O–H groups in total. The van der Waals surface area contributed by atoms with Crippen LogP contribution in [0.1, 0.15) is 25.3 Å². The molecular weight excluding hydrogens is 366 g/mol. The number of rotatable bonds is 2. The van der Waals surface area contributed by atoms with E-state index in [1.54, 1.807) is 19.2 Å². The SMILES string of the molecule is COc1c(Cl)ccc2c(=O)c3cc(Br)c(C(C)C)cc3[nH]c12. The minimum absolute atomic E-state index is 0.0327. The van der Waals surface area contributed by atoms with E-state index in [1.807, 2.05) is 12.1 Å². The van der Waals surface area contributed by atoms with Crippen LogP contribution in [0.4, 0.5) is 0 Å². The van der Waals surface area contributed by atoms with E-state index in [0.29, 0.717) is 33.0 Å². The molecule has 0 saturated heterocycles. The highest BCUT2D eigenvalue weighted by atomic mass is 79.9. The minimum atomic E-state index is -0.0327. The van der Waals surface area contributed by atoms with Crippen LogP contribution in [0.15, 0.2) is 33.5 Å². The topological polar surface area (TPSA) is 42.1 Å². The maximum absolute atomic E-state index is 12.8. The Hall–Kier alpha value is -1.52. The summed E-state index contributed by atoms with van der Waals surface area (Å²) < 4.78 is 6.30. The summed E-state index contributed by atoms with van der Waals surface area (Å²) in [4.78, 5) is 16.1. The van der Waals surface area contributed by atoms with Gasteiger partial charge in [0.2, 0.25) is 0 Å². The summed E-state index contributed by atoms with van der Waals surface area (Å²) in [5, 5.41) is 1.69.